The van der Waals surface area contributed by atoms with Crippen LogP contribution in [0, 0.1) is 0 Å². The van der Waals surface area contributed by atoms with Crippen molar-refractivity contribution >= 4 is 23.5 Å². The Morgan fingerprint density at radius 2 is 2.08 bits per heavy atom. The minimum Gasteiger partial charge on any atom is -0.486 e. The van der Waals surface area contributed by atoms with Crippen molar-refractivity contribution in [1.29, 1.82) is 0 Å². The van der Waals surface area contributed by atoms with Gasteiger partial charge in [0.1, 0.15) is 28.9 Å². The number of carbonyl (C=O) groups is 2. The fourth-order valence-corrected chi connectivity index (χ4v) is 3.54. The molecule has 3 heterocycles. The number of amides is 2. The van der Waals surface area contributed by atoms with E-state index in [4.69, 9.17) is 19.9 Å². The molecule has 3 N–H and O–H groups in total. The highest BCUT2D eigenvalue weighted by Crippen LogP contribution is 2.28. The van der Waals surface area contributed by atoms with E-state index >= 15 is 0 Å². The van der Waals surface area contributed by atoms with Crippen molar-refractivity contribution in [3.8, 4) is 22.8 Å². The normalized spacial score (nSPS) is 16.1. The number of pyridine rings is 1. The van der Waals surface area contributed by atoms with Crippen LogP contribution in [-0.2, 0) is 4.74 Å². The Labute approximate surface area is 215 Å². The molecule has 4 bridgehead atoms. The van der Waals surface area contributed by atoms with E-state index in [-0.39, 0.29) is 24.8 Å². The maximum atomic E-state index is 13.1. The molecule has 0 fully saturated rings. The van der Waals surface area contributed by atoms with E-state index in [1.807, 2.05) is 13.0 Å². The zero-order valence-electron chi connectivity index (χ0n) is 21.2. The van der Waals surface area contributed by atoms with Gasteiger partial charge in [0.15, 0.2) is 18.2 Å². The summed E-state index contributed by atoms with van der Waals surface area (Å²) in [5.41, 5.74) is 6.67. The molecule has 1 aliphatic rings. The molecular formula is C26H30N6O5. The number of hydrogen-bond donors (Lipinski definition) is 2. The largest absolute Gasteiger partial charge is 0.486 e. The molecule has 2 amide bonds. The third kappa shape index (κ3) is 6.43. The van der Waals surface area contributed by atoms with Crippen LogP contribution in [0.3, 0.4) is 0 Å². The number of nitrogens with two attached hydrogens (primary N) is 1. The number of nitrogens with one attached hydrogen (secondary N) is 1. The lowest BCUT2D eigenvalue weighted by Crippen LogP contribution is -2.44. The molecule has 37 heavy (non-hydrogen) atoms. The van der Waals surface area contributed by atoms with Crippen molar-refractivity contribution in [3.05, 3.63) is 54.6 Å². The summed E-state index contributed by atoms with van der Waals surface area (Å²) in [5, 5.41) is 2.77. The van der Waals surface area contributed by atoms with Crippen molar-refractivity contribution in [2.45, 2.75) is 45.8 Å². The van der Waals surface area contributed by atoms with Crippen LogP contribution in [0.2, 0.25) is 0 Å². The molecule has 0 spiro atoms. The molecule has 11 nitrogen and oxygen atoms in total. The van der Waals surface area contributed by atoms with Crippen LogP contribution in [0.25, 0.3) is 11.3 Å². The van der Waals surface area contributed by atoms with Gasteiger partial charge >= 0.3 is 6.09 Å². The zero-order chi connectivity index (χ0) is 26.6. The Morgan fingerprint density at radius 3 is 2.84 bits per heavy atom. The summed E-state index contributed by atoms with van der Waals surface area (Å²) in [6, 6.07) is 8.72. The second-order valence-corrected chi connectivity index (χ2v) is 9.47. The minimum atomic E-state index is -0.692. The number of rotatable bonds is 1. The van der Waals surface area contributed by atoms with Crippen LogP contribution in [-0.4, -0.2) is 56.8 Å². The summed E-state index contributed by atoms with van der Waals surface area (Å²) < 4.78 is 17.8. The molecule has 194 valence electrons. The topological polar surface area (TPSA) is 142 Å². The number of anilines is 2. The van der Waals surface area contributed by atoms with Crippen molar-refractivity contribution in [3.63, 3.8) is 0 Å². The van der Waals surface area contributed by atoms with E-state index in [2.05, 4.69) is 20.3 Å². The monoisotopic (exact) mass is 506 g/mol. The van der Waals surface area contributed by atoms with Gasteiger partial charge in [-0.15, -0.1) is 0 Å². The molecule has 0 radical (unpaired) electrons. The second-order valence-electron chi connectivity index (χ2n) is 9.47. The van der Waals surface area contributed by atoms with Gasteiger partial charge in [-0.25, -0.2) is 14.8 Å². The average molecular weight is 507 g/mol. The molecule has 0 saturated heterocycles. The Balaban J connectivity index is 1.77. The van der Waals surface area contributed by atoms with Crippen molar-refractivity contribution < 1.29 is 23.8 Å². The molecule has 1 unspecified atom stereocenters. The van der Waals surface area contributed by atoms with Gasteiger partial charge in [0.25, 0.3) is 5.91 Å². The SMILES string of the molecule is CCC1CN(C(=O)OC(C)(C)C)COc2cccc(c2)-c2cnc(N)c(n2)C(=O)Nc2cnccc2O1. The van der Waals surface area contributed by atoms with E-state index in [0.717, 1.165) is 0 Å². The molecule has 4 rings (SSSR count). The van der Waals surface area contributed by atoms with Crippen LogP contribution in [0.5, 0.6) is 11.5 Å². The fourth-order valence-electron chi connectivity index (χ4n) is 3.54. The standard InChI is InChI=1S/C26H30N6O5/c1-5-17-14-32(25(34)37-26(2,3)4)15-35-18-8-6-7-16(11-18)19-13-29-23(27)22(30-19)24(33)31-20-12-28-10-9-21(20)36-17/h6-13,17H,5,14-15H2,1-4H3,(H2,27,29)(H,31,33). The molecule has 1 aliphatic heterocycles. The van der Waals surface area contributed by atoms with E-state index in [1.54, 1.807) is 51.2 Å². The Hall–Kier alpha value is -4.41. The summed E-state index contributed by atoms with van der Waals surface area (Å²) in [5.74, 6) is 0.293. The van der Waals surface area contributed by atoms with Crippen LogP contribution >= 0.6 is 0 Å². The quantitative estimate of drug-likeness (QED) is 0.498. The maximum absolute atomic E-state index is 13.1. The summed E-state index contributed by atoms with van der Waals surface area (Å²) in [4.78, 5) is 40.3. The van der Waals surface area contributed by atoms with Gasteiger partial charge in [0.2, 0.25) is 0 Å². The number of carbonyl (C=O) groups excluding carboxylic acids is 2. The fraction of sp³-hybridized carbons (Fsp3) is 0.346. The van der Waals surface area contributed by atoms with Gasteiger partial charge < -0.3 is 25.3 Å². The number of benzene rings is 1. The molecule has 3 aromatic rings. The number of aromatic nitrogens is 3. The lowest BCUT2D eigenvalue weighted by atomic mass is 10.1. The molecule has 0 aliphatic carbocycles. The third-order valence-corrected chi connectivity index (χ3v) is 5.39. The first-order valence-electron chi connectivity index (χ1n) is 11.9. The zero-order valence-corrected chi connectivity index (χ0v) is 21.2. The van der Waals surface area contributed by atoms with E-state index < -0.39 is 23.7 Å². The summed E-state index contributed by atoms with van der Waals surface area (Å²) in [7, 11) is 0. The predicted molar refractivity (Wildman–Crippen MR) is 137 cm³/mol. The Bertz CT molecular complexity index is 1290. The van der Waals surface area contributed by atoms with Crippen molar-refractivity contribution in [2.75, 3.05) is 24.3 Å². The molecule has 2 aromatic heterocycles. The third-order valence-electron chi connectivity index (χ3n) is 5.39. The Morgan fingerprint density at radius 1 is 1.27 bits per heavy atom. The number of nitrogen functional groups attached to an aromatic ring is 1. The van der Waals surface area contributed by atoms with Crippen molar-refractivity contribution in [2.24, 2.45) is 0 Å². The number of ether oxygens (including phenoxy) is 3. The lowest BCUT2D eigenvalue weighted by Gasteiger charge is -2.30. The van der Waals surface area contributed by atoms with Gasteiger partial charge in [-0.05, 0) is 39.3 Å². The van der Waals surface area contributed by atoms with Gasteiger partial charge in [-0.1, -0.05) is 19.1 Å². The van der Waals surface area contributed by atoms with E-state index in [1.165, 1.54) is 17.3 Å². The summed E-state index contributed by atoms with van der Waals surface area (Å²) >= 11 is 0. The maximum Gasteiger partial charge on any atom is 0.413 e. The first-order chi connectivity index (χ1) is 17.6. The smallest absolute Gasteiger partial charge is 0.413 e. The van der Waals surface area contributed by atoms with E-state index in [0.29, 0.717) is 34.9 Å². The molecule has 11 heteroatoms. The van der Waals surface area contributed by atoms with Crippen LogP contribution in [0.4, 0.5) is 16.3 Å². The lowest BCUT2D eigenvalue weighted by molar-refractivity contribution is -0.000423. The molecule has 1 atom stereocenters. The van der Waals surface area contributed by atoms with Crippen LogP contribution in [0.1, 0.15) is 44.6 Å². The number of fused-ring (bicyclic) bond motifs is 6. The van der Waals surface area contributed by atoms with Crippen LogP contribution < -0.4 is 20.5 Å². The number of nitrogens with zero attached hydrogens (tertiary/aromatic N) is 4. The Kier molecular flexibility index (Phi) is 7.42. The average Bonchev–Trinajstić information content (AvgIpc) is 2.85. The van der Waals surface area contributed by atoms with Crippen molar-refractivity contribution in [1.82, 2.24) is 19.9 Å². The van der Waals surface area contributed by atoms with Gasteiger partial charge in [0, 0.05) is 17.8 Å². The van der Waals surface area contributed by atoms with Gasteiger partial charge in [0.05, 0.1) is 24.6 Å². The highest BCUT2D eigenvalue weighted by Gasteiger charge is 2.27. The molecule has 1 aromatic carbocycles. The molecular weight excluding hydrogens is 476 g/mol. The minimum absolute atomic E-state index is 0.0134. The van der Waals surface area contributed by atoms with E-state index in [9.17, 15) is 9.59 Å². The predicted octanol–water partition coefficient (Wildman–Crippen LogP) is 4.12. The highest BCUT2D eigenvalue weighted by atomic mass is 16.6. The van der Waals surface area contributed by atoms with Gasteiger partial charge in [-0.2, -0.15) is 0 Å². The number of hydrogen-bond acceptors (Lipinski definition) is 9. The van der Waals surface area contributed by atoms with Crippen LogP contribution in [0.15, 0.2) is 48.9 Å². The van der Waals surface area contributed by atoms with Gasteiger partial charge in [-0.3, -0.25) is 14.7 Å². The second kappa shape index (κ2) is 10.7. The first kappa shape index (κ1) is 25.7. The summed E-state index contributed by atoms with van der Waals surface area (Å²) in [6.45, 7) is 7.44. The molecule has 0 saturated carbocycles. The highest BCUT2D eigenvalue weighted by molar-refractivity contribution is 6.06. The first-order valence-corrected chi connectivity index (χ1v) is 11.9. The summed E-state index contributed by atoms with van der Waals surface area (Å²) in [6.07, 6.45) is 4.07.